The van der Waals surface area contributed by atoms with Gasteiger partial charge in [-0.15, -0.1) is 0 Å². The van der Waals surface area contributed by atoms with Gasteiger partial charge in [-0.25, -0.2) is 0 Å². The molecular formula is C6H12BNO2. The van der Waals surface area contributed by atoms with Gasteiger partial charge in [0.1, 0.15) is 0 Å². The zero-order chi connectivity index (χ0) is 7.56. The van der Waals surface area contributed by atoms with E-state index in [9.17, 15) is 4.79 Å². The lowest BCUT2D eigenvalue weighted by Gasteiger charge is -2.31. The van der Waals surface area contributed by atoms with Gasteiger partial charge in [-0.2, -0.15) is 0 Å². The lowest BCUT2D eigenvalue weighted by atomic mass is 9.99. The number of piperidine rings is 1. The van der Waals surface area contributed by atoms with Gasteiger partial charge in [0.15, 0.2) is 0 Å². The summed E-state index contributed by atoms with van der Waals surface area (Å²) in [6.45, 7) is 0.0994. The highest BCUT2D eigenvalue weighted by molar-refractivity contribution is 6.14. The average Bonchev–Trinajstić information content (AvgIpc) is 1.95. The lowest BCUT2D eigenvalue weighted by molar-refractivity contribution is -0.131. The molecule has 1 atom stereocenters. The molecule has 4 heteroatoms. The number of carbonyl (C=O) groups is 1. The molecule has 0 aromatic carbocycles. The maximum absolute atomic E-state index is 11.0. The summed E-state index contributed by atoms with van der Waals surface area (Å²) in [5.41, 5.74) is 0. The third-order valence-electron chi connectivity index (χ3n) is 2.08. The van der Waals surface area contributed by atoms with Crippen molar-refractivity contribution in [3.05, 3.63) is 0 Å². The molecule has 1 aliphatic rings. The summed E-state index contributed by atoms with van der Waals surface area (Å²) in [4.78, 5) is 12.6. The highest BCUT2D eigenvalue weighted by Crippen LogP contribution is 2.14. The smallest absolute Gasteiger partial charge is 0.221 e. The zero-order valence-corrected chi connectivity index (χ0v) is 6.21. The van der Waals surface area contributed by atoms with E-state index in [2.05, 4.69) is 0 Å². The van der Waals surface area contributed by atoms with E-state index >= 15 is 0 Å². The molecule has 0 spiro atoms. The average molecular weight is 141 g/mol. The molecule has 1 unspecified atom stereocenters. The summed E-state index contributed by atoms with van der Waals surface area (Å²) >= 11 is 0. The van der Waals surface area contributed by atoms with Crippen LogP contribution in [0.25, 0.3) is 0 Å². The second-order valence-corrected chi connectivity index (χ2v) is 2.73. The first-order chi connectivity index (χ1) is 4.75. The highest BCUT2D eigenvalue weighted by Gasteiger charge is 2.22. The summed E-state index contributed by atoms with van der Waals surface area (Å²) in [5.74, 6) is 0.158. The van der Waals surface area contributed by atoms with Crippen LogP contribution in [0.3, 0.4) is 0 Å². The molecular weight excluding hydrogens is 129 g/mol. The fraction of sp³-hybridized carbons (Fsp3) is 0.833. The minimum absolute atomic E-state index is 0.0706. The van der Waals surface area contributed by atoms with Gasteiger partial charge in [0.25, 0.3) is 0 Å². The van der Waals surface area contributed by atoms with Crippen LogP contribution in [0.4, 0.5) is 0 Å². The second-order valence-electron chi connectivity index (χ2n) is 2.73. The van der Waals surface area contributed by atoms with Gasteiger partial charge >= 0.3 is 0 Å². The number of nitrogens with zero attached hydrogens (tertiary/aromatic N) is 1. The Hall–Kier alpha value is -0.505. The van der Waals surface area contributed by atoms with Crippen LogP contribution in [0.5, 0.6) is 0 Å². The molecule has 1 saturated heterocycles. The van der Waals surface area contributed by atoms with Crippen LogP contribution < -0.4 is 0 Å². The molecule has 1 N–H and O–H groups in total. The lowest BCUT2D eigenvalue weighted by Crippen LogP contribution is -2.43. The molecule has 0 bridgehead atoms. The zero-order valence-electron chi connectivity index (χ0n) is 6.21. The van der Waals surface area contributed by atoms with Crippen molar-refractivity contribution in [1.29, 1.82) is 0 Å². The summed E-state index contributed by atoms with van der Waals surface area (Å²) in [6.07, 6.45) is 2.51. The Morgan fingerprint density at radius 2 is 2.50 bits per heavy atom. The van der Waals surface area contributed by atoms with Crippen molar-refractivity contribution < 1.29 is 9.90 Å². The maximum Gasteiger partial charge on any atom is 0.221 e. The SMILES string of the molecule is BN1C(=O)CCCC1CO. The minimum Gasteiger partial charge on any atom is -0.394 e. The fourth-order valence-corrected chi connectivity index (χ4v) is 1.28. The Morgan fingerprint density at radius 1 is 1.80 bits per heavy atom. The molecule has 0 aromatic heterocycles. The van der Waals surface area contributed by atoms with Crippen LogP contribution >= 0.6 is 0 Å². The van der Waals surface area contributed by atoms with Gasteiger partial charge < -0.3 is 9.92 Å². The Bertz CT molecular complexity index is 140. The highest BCUT2D eigenvalue weighted by atomic mass is 16.3. The van der Waals surface area contributed by atoms with E-state index in [1.807, 2.05) is 0 Å². The molecule has 0 aliphatic carbocycles. The summed E-state index contributed by atoms with van der Waals surface area (Å²) in [6, 6.07) is 0.0706. The molecule has 1 heterocycles. The van der Waals surface area contributed by atoms with E-state index < -0.39 is 0 Å². The number of amides is 1. The van der Waals surface area contributed by atoms with Crippen LogP contribution in [0.15, 0.2) is 0 Å². The normalized spacial score (nSPS) is 27.1. The molecule has 0 saturated carbocycles. The first-order valence-electron chi connectivity index (χ1n) is 3.62. The van der Waals surface area contributed by atoms with Crippen molar-refractivity contribution in [2.75, 3.05) is 6.61 Å². The van der Waals surface area contributed by atoms with Crippen LogP contribution in [-0.2, 0) is 4.79 Å². The Kier molecular flexibility index (Phi) is 2.32. The number of hydrogen-bond donors (Lipinski definition) is 1. The van der Waals surface area contributed by atoms with E-state index in [1.165, 1.54) is 0 Å². The second kappa shape index (κ2) is 3.06. The van der Waals surface area contributed by atoms with Crippen LogP contribution in [0.1, 0.15) is 19.3 Å². The quantitative estimate of drug-likeness (QED) is 0.471. The Labute approximate surface area is 61.4 Å². The molecule has 1 rings (SSSR count). The number of carbonyl (C=O) groups excluding carboxylic acids is 1. The van der Waals surface area contributed by atoms with Gasteiger partial charge in [0.05, 0.1) is 6.61 Å². The third-order valence-corrected chi connectivity index (χ3v) is 2.08. The van der Waals surface area contributed by atoms with Crippen LogP contribution in [-0.4, -0.2) is 36.5 Å². The Morgan fingerprint density at radius 3 is 3.00 bits per heavy atom. The van der Waals surface area contributed by atoms with Gasteiger partial charge in [-0.05, 0) is 12.8 Å². The number of aliphatic hydroxyl groups excluding tert-OH is 1. The molecule has 56 valence electrons. The molecule has 1 fully saturated rings. The summed E-state index contributed by atoms with van der Waals surface area (Å²) in [5, 5.41) is 8.79. The predicted molar refractivity (Wildman–Crippen MR) is 40.1 cm³/mol. The van der Waals surface area contributed by atoms with Gasteiger partial charge in [0, 0.05) is 12.5 Å². The molecule has 1 aliphatic heterocycles. The van der Waals surface area contributed by atoms with Crippen molar-refractivity contribution in [3.63, 3.8) is 0 Å². The van der Waals surface area contributed by atoms with E-state index in [1.54, 1.807) is 12.8 Å². The van der Waals surface area contributed by atoms with Crippen molar-refractivity contribution in [2.45, 2.75) is 25.3 Å². The van der Waals surface area contributed by atoms with Crippen molar-refractivity contribution in [1.82, 2.24) is 4.81 Å². The topological polar surface area (TPSA) is 40.5 Å². The third kappa shape index (κ3) is 1.32. The van der Waals surface area contributed by atoms with E-state index in [-0.39, 0.29) is 18.6 Å². The molecule has 10 heavy (non-hydrogen) atoms. The van der Waals surface area contributed by atoms with Crippen LogP contribution in [0.2, 0.25) is 0 Å². The van der Waals surface area contributed by atoms with Gasteiger partial charge in [0.2, 0.25) is 13.9 Å². The first kappa shape index (κ1) is 7.60. The Balaban J connectivity index is 2.51. The van der Waals surface area contributed by atoms with Crippen molar-refractivity contribution in [2.24, 2.45) is 0 Å². The summed E-state index contributed by atoms with van der Waals surface area (Å²) in [7, 11) is 1.75. The minimum atomic E-state index is 0.0706. The number of hydrogen-bond acceptors (Lipinski definition) is 2. The van der Waals surface area contributed by atoms with Crippen molar-refractivity contribution >= 4 is 13.9 Å². The van der Waals surface area contributed by atoms with E-state index in [0.717, 1.165) is 12.8 Å². The maximum atomic E-state index is 11.0. The molecule has 0 radical (unpaired) electrons. The number of aliphatic hydroxyl groups is 1. The first-order valence-corrected chi connectivity index (χ1v) is 3.62. The van der Waals surface area contributed by atoms with Gasteiger partial charge in [-0.1, -0.05) is 0 Å². The van der Waals surface area contributed by atoms with Crippen molar-refractivity contribution in [3.8, 4) is 0 Å². The van der Waals surface area contributed by atoms with E-state index in [0.29, 0.717) is 6.42 Å². The predicted octanol–water partition coefficient (Wildman–Crippen LogP) is -1.09. The van der Waals surface area contributed by atoms with Crippen LogP contribution in [0, 0.1) is 0 Å². The van der Waals surface area contributed by atoms with E-state index in [4.69, 9.17) is 5.11 Å². The fourth-order valence-electron chi connectivity index (χ4n) is 1.28. The molecule has 1 amide bonds. The standard InChI is InChI=1S/C6H12BNO2/c7-8-5(4-9)2-1-3-6(8)10/h5,9H,1-4,7H2. The largest absolute Gasteiger partial charge is 0.394 e. The number of rotatable bonds is 1. The molecule has 3 nitrogen and oxygen atoms in total. The molecule has 0 aromatic rings. The summed E-state index contributed by atoms with van der Waals surface area (Å²) < 4.78 is 0. The van der Waals surface area contributed by atoms with Gasteiger partial charge in [-0.3, -0.25) is 4.79 Å². The monoisotopic (exact) mass is 141 g/mol.